The van der Waals surface area contributed by atoms with Crippen LogP contribution in [0.25, 0.3) is 0 Å². The van der Waals surface area contributed by atoms with E-state index in [4.69, 9.17) is 0 Å². The number of Topliss-reactive ketones (excluding diaryl/α,β-unsaturated/α-hetero) is 1. The number of hydrogen-bond acceptors (Lipinski definition) is 3. The van der Waals surface area contributed by atoms with Crippen LogP contribution in [0.5, 0.6) is 0 Å². The smallest absolute Gasteiger partial charge is 0.175 e. The number of carbonyl (C=O) groups is 1. The molecular weight excluding hydrogens is 248 g/mol. The van der Waals surface area contributed by atoms with Gasteiger partial charge in [-0.15, -0.1) is 0 Å². The molecule has 0 radical (unpaired) electrons. The van der Waals surface area contributed by atoms with Crippen LogP contribution in [0.2, 0.25) is 0 Å². The largest absolute Gasteiger partial charge is 0.294 e. The van der Waals surface area contributed by atoms with Crippen LogP contribution < -0.4 is 0 Å². The van der Waals surface area contributed by atoms with E-state index < -0.39 is 9.84 Å². The van der Waals surface area contributed by atoms with Crippen molar-refractivity contribution in [2.24, 2.45) is 5.92 Å². The molecule has 3 nitrogen and oxygen atoms in total. The molecule has 98 valence electrons. The van der Waals surface area contributed by atoms with Crippen molar-refractivity contribution in [3.8, 4) is 0 Å². The molecule has 1 saturated carbocycles. The van der Waals surface area contributed by atoms with Crippen LogP contribution in [-0.2, 0) is 9.84 Å². The van der Waals surface area contributed by atoms with Crippen LogP contribution in [-0.4, -0.2) is 20.5 Å². The van der Waals surface area contributed by atoms with E-state index in [2.05, 4.69) is 0 Å². The van der Waals surface area contributed by atoms with Crippen LogP contribution in [0.4, 0.5) is 0 Å². The SMILES string of the molecule is CS(=O)(=O)c1cccc(C(=O)CC2CCCC2)c1. The molecule has 1 aliphatic rings. The van der Waals surface area contributed by atoms with Gasteiger partial charge in [0.25, 0.3) is 0 Å². The molecule has 4 heteroatoms. The summed E-state index contributed by atoms with van der Waals surface area (Å²) in [4.78, 5) is 12.3. The van der Waals surface area contributed by atoms with Gasteiger partial charge in [0.1, 0.15) is 0 Å². The average molecular weight is 266 g/mol. The Bertz CT molecular complexity index is 540. The molecular formula is C14H18O3S. The summed E-state index contributed by atoms with van der Waals surface area (Å²) in [5, 5.41) is 0. The fourth-order valence-electron chi connectivity index (χ4n) is 2.49. The van der Waals surface area contributed by atoms with Crippen LogP contribution >= 0.6 is 0 Å². The third-order valence-electron chi connectivity index (χ3n) is 3.53. The molecule has 0 heterocycles. The van der Waals surface area contributed by atoms with Crippen LogP contribution in [0, 0.1) is 5.92 Å². The van der Waals surface area contributed by atoms with Gasteiger partial charge >= 0.3 is 0 Å². The standard InChI is InChI=1S/C14H18O3S/c1-18(16,17)13-8-4-7-12(10-13)14(15)9-11-5-2-3-6-11/h4,7-8,10-11H,2-3,5-6,9H2,1H3. The zero-order valence-corrected chi connectivity index (χ0v) is 11.4. The van der Waals surface area contributed by atoms with Crippen molar-refractivity contribution in [3.63, 3.8) is 0 Å². The first kappa shape index (κ1) is 13.3. The average Bonchev–Trinajstić information content (AvgIpc) is 2.81. The predicted octanol–water partition coefficient (Wildman–Crippen LogP) is 2.85. The monoisotopic (exact) mass is 266 g/mol. The lowest BCUT2D eigenvalue weighted by Gasteiger charge is -2.08. The topological polar surface area (TPSA) is 51.2 Å². The summed E-state index contributed by atoms with van der Waals surface area (Å²) in [5.74, 6) is 0.548. The first-order chi connectivity index (χ1) is 8.47. The highest BCUT2D eigenvalue weighted by molar-refractivity contribution is 7.90. The van der Waals surface area contributed by atoms with Crippen molar-refractivity contribution in [3.05, 3.63) is 29.8 Å². The molecule has 1 aromatic carbocycles. The number of hydrogen-bond donors (Lipinski definition) is 0. The molecule has 0 aromatic heterocycles. The van der Waals surface area contributed by atoms with Gasteiger partial charge in [-0.1, -0.05) is 37.8 Å². The second-order valence-electron chi connectivity index (χ2n) is 5.08. The Morgan fingerprint density at radius 1 is 1.28 bits per heavy atom. The lowest BCUT2D eigenvalue weighted by Crippen LogP contribution is -2.07. The summed E-state index contributed by atoms with van der Waals surface area (Å²) < 4.78 is 22.9. The molecule has 0 amide bonds. The lowest BCUT2D eigenvalue weighted by molar-refractivity contribution is 0.0962. The Balaban J connectivity index is 2.15. The lowest BCUT2D eigenvalue weighted by atomic mass is 9.97. The summed E-state index contributed by atoms with van der Waals surface area (Å²) in [6, 6.07) is 6.36. The van der Waals surface area contributed by atoms with E-state index in [9.17, 15) is 13.2 Å². The number of rotatable bonds is 4. The van der Waals surface area contributed by atoms with Crippen molar-refractivity contribution >= 4 is 15.6 Å². The maximum Gasteiger partial charge on any atom is 0.175 e. The molecule has 0 spiro atoms. The van der Waals surface area contributed by atoms with Crippen molar-refractivity contribution in [2.75, 3.05) is 6.26 Å². The van der Waals surface area contributed by atoms with E-state index in [0.29, 0.717) is 17.9 Å². The Kier molecular flexibility index (Phi) is 3.85. The van der Waals surface area contributed by atoms with Gasteiger partial charge < -0.3 is 0 Å². The molecule has 0 unspecified atom stereocenters. The number of ketones is 1. The predicted molar refractivity (Wildman–Crippen MR) is 70.5 cm³/mol. The summed E-state index contributed by atoms with van der Waals surface area (Å²) in [6.07, 6.45) is 6.37. The molecule has 18 heavy (non-hydrogen) atoms. The van der Waals surface area contributed by atoms with Gasteiger partial charge in [-0.3, -0.25) is 4.79 Å². The third-order valence-corrected chi connectivity index (χ3v) is 4.64. The highest BCUT2D eigenvalue weighted by atomic mass is 32.2. The summed E-state index contributed by atoms with van der Waals surface area (Å²) in [6.45, 7) is 0. The fraction of sp³-hybridized carbons (Fsp3) is 0.500. The van der Waals surface area contributed by atoms with E-state index in [1.807, 2.05) is 0 Å². The minimum atomic E-state index is -3.24. The first-order valence-corrected chi connectivity index (χ1v) is 8.19. The molecule has 1 fully saturated rings. The molecule has 0 bridgehead atoms. The fourth-order valence-corrected chi connectivity index (χ4v) is 3.16. The molecule has 0 N–H and O–H groups in total. The Labute approximate surface area is 108 Å². The molecule has 0 atom stereocenters. The van der Waals surface area contributed by atoms with Crippen molar-refractivity contribution < 1.29 is 13.2 Å². The summed E-state index contributed by atoms with van der Waals surface area (Å²) in [5.41, 5.74) is 0.518. The quantitative estimate of drug-likeness (QED) is 0.787. The van der Waals surface area contributed by atoms with Gasteiger partial charge in [0, 0.05) is 18.2 Å². The van der Waals surface area contributed by atoms with E-state index >= 15 is 0 Å². The van der Waals surface area contributed by atoms with Crippen LogP contribution in [0.15, 0.2) is 29.2 Å². The molecule has 1 aromatic rings. The highest BCUT2D eigenvalue weighted by Gasteiger charge is 2.20. The van der Waals surface area contributed by atoms with Crippen molar-refractivity contribution in [2.45, 2.75) is 37.0 Å². The number of sulfone groups is 1. The Hall–Kier alpha value is -1.16. The molecule has 0 aliphatic heterocycles. The van der Waals surface area contributed by atoms with E-state index in [-0.39, 0.29) is 10.7 Å². The number of benzene rings is 1. The van der Waals surface area contributed by atoms with Gasteiger partial charge in [-0.25, -0.2) is 8.42 Å². The summed E-state index contributed by atoms with van der Waals surface area (Å²) in [7, 11) is -3.24. The zero-order valence-electron chi connectivity index (χ0n) is 10.6. The van der Waals surface area contributed by atoms with E-state index in [1.54, 1.807) is 12.1 Å². The maximum atomic E-state index is 12.1. The molecule has 0 saturated heterocycles. The summed E-state index contributed by atoms with van der Waals surface area (Å²) >= 11 is 0. The Morgan fingerprint density at radius 2 is 1.94 bits per heavy atom. The minimum Gasteiger partial charge on any atom is -0.294 e. The van der Waals surface area contributed by atoms with Gasteiger partial charge in [0.15, 0.2) is 15.6 Å². The van der Waals surface area contributed by atoms with Gasteiger partial charge in [-0.05, 0) is 18.1 Å². The normalized spacial score (nSPS) is 16.9. The highest BCUT2D eigenvalue weighted by Crippen LogP contribution is 2.28. The van der Waals surface area contributed by atoms with Gasteiger partial charge in [-0.2, -0.15) is 0 Å². The van der Waals surface area contributed by atoms with E-state index in [1.165, 1.54) is 25.0 Å². The third kappa shape index (κ3) is 3.19. The van der Waals surface area contributed by atoms with Crippen LogP contribution in [0.1, 0.15) is 42.5 Å². The van der Waals surface area contributed by atoms with Crippen LogP contribution in [0.3, 0.4) is 0 Å². The van der Waals surface area contributed by atoms with Gasteiger partial charge in [0.2, 0.25) is 0 Å². The second kappa shape index (κ2) is 5.22. The van der Waals surface area contributed by atoms with Crippen molar-refractivity contribution in [1.29, 1.82) is 0 Å². The van der Waals surface area contributed by atoms with Gasteiger partial charge in [0.05, 0.1) is 4.90 Å². The minimum absolute atomic E-state index is 0.0624. The Morgan fingerprint density at radius 3 is 2.56 bits per heavy atom. The van der Waals surface area contributed by atoms with Crippen molar-refractivity contribution in [1.82, 2.24) is 0 Å². The van der Waals surface area contributed by atoms with E-state index in [0.717, 1.165) is 19.1 Å². The zero-order chi connectivity index (χ0) is 13.2. The second-order valence-corrected chi connectivity index (χ2v) is 7.09. The first-order valence-electron chi connectivity index (χ1n) is 6.30. The molecule has 1 aliphatic carbocycles. The molecule has 2 rings (SSSR count). The number of carbonyl (C=O) groups excluding carboxylic acids is 1. The maximum absolute atomic E-state index is 12.1.